The van der Waals surface area contributed by atoms with Crippen molar-refractivity contribution in [2.24, 2.45) is 0 Å². The number of carbonyl (C=O) groups excluding carboxylic acids is 1. The maximum atomic E-state index is 12.4. The Morgan fingerprint density at radius 1 is 1.43 bits per heavy atom. The van der Waals surface area contributed by atoms with Gasteiger partial charge in [0, 0.05) is 31.1 Å². The molecule has 0 spiro atoms. The van der Waals surface area contributed by atoms with Crippen LogP contribution in [0.15, 0.2) is 10.6 Å². The van der Waals surface area contributed by atoms with Crippen LogP contribution in [0.4, 0.5) is 0 Å². The molecule has 120 valence electrons. The molecule has 1 amide bonds. The highest BCUT2D eigenvalue weighted by Crippen LogP contribution is 2.23. The minimum atomic E-state index is -0.0238. The third-order valence-electron chi connectivity index (χ3n) is 4.33. The summed E-state index contributed by atoms with van der Waals surface area (Å²) in [5.74, 6) is 0.745. The molecule has 1 N–H and O–H groups in total. The average molecular weight is 316 g/mol. The van der Waals surface area contributed by atoms with Crippen LogP contribution in [-0.4, -0.2) is 42.1 Å². The van der Waals surface area contributed by atoms with E-state index in [1.165, 1.54) is 0 Å². The Morgan fingerprint density at radius 3 is 2.57 bits per heavy atom. The van der Waals surface area contributed by atoms with Crippen molar-refractivity contribution in [2.45, 2.75) is 51.5 Å². The Hall–Kier alpha value is -1.07. The van der Waals surface area contributed by atoms with E-state index in [-0.39, 0.29) is 18.3 Å². The van der Waals surface area contributed by atoms with Gasteiger partial charge in [-0.15, -0.1) is 12.4 Å². The van der Waals surface area contributed by atoms with Crippen LogP contribution in [0.1, 0.15) is 61.7 Å². The highest BCUT2D eigenvalue weighted by Gasteiger charge is 2.26. The molecule has 2 heterocycles. The number of nitrogens with one attached hydrogen (secondary N) is 1. The van der Waals surface area contributed by atoms with Crippen LogP contribution in [0, 0.1) is 0 Å². The molecule has 1 aromatic heterocycles. The molecule has 1 aliphatic rings. The van der Waals surface area contributed by atoms with Crippen LogP contribution in [0.3, 0.4) is 0 Å². The quantitative estimate of drug-likeness (QED) is 0.907. The van der Waals surface area contributed by atoms with E-state index >= 15 is 0 Å². The van der Waals surface area contributed by atoms with E-state index in [2.05, 4.69) is 24.3 Å². The van der Waals surface area contributed by atoms with Gasteiger partial charge < -0.3 is 14.7 Å². The SMILES string of the molecule is CCC(CC)c1cc(C(=O)N2CCC(NC)CC2)on1.Cl. The van der Waals surface area contributed by atoms with Crippen LogP contribution in [0.2, 0.25) is 0 Å². The van der Waals surface area contributed by atoms with Crippen molar-refractivity contribution in [1.82, 2.24) is 15.4 Å². The molecule has 5 nitrogen and oxygen atoms in total. The first-order valence-corrected chi connectivity index (χ1v) is 7.62. The zero-order chi connectivity index (χ0) is 14.5. The summed E-state index contributed by atoms with van der Waals surface area (Å²) in [4.78, 5) is 14.2. The lowest BCUT2D eigenvalue weighted by molar-refractivity contribution is 0.0665. The summed E-state index contributed by atoms with van der Waals surface area (Å²) in [6.07, 6.45) is 4.03. The predicted octanol–water partition coefficient (Wildman–Crippen LogP) is 2.82. The number of hydrogen-bond acceptors (Lipinski definition) is 4. The average Bonchev–Trinajstić information content (AvgIpc) is 2.97. The van der Waals surface area contributed by atoms with Crippen molar-refractivity contribution >= 4 is 18.3 Å². The minimum Gasteiger partial charge on any atom is -0.351 e. The van der Waals surface area contributed by atoms with Crippen LogP contribution >= 0.6 is 12.4 Å². The summed E-state index contributed by atoms with van der Waals surface area (Å²) >= 11 is 0. The number of amides is 1. The van der Waals surface area contributed by atoms with Crippen molar-refractivity contribution in [3.8, 4) is 0 Å². The van der Waals surface area contributed by atoms with Gasteiger partial charge in [-0.2, -0.15) is 0 Å². The van der Waals surface area contributed by atoms with E-state index in [1.807, 2.05) is 18.0 Å². The molecule has 0 saturated carbocycles. The first kappa shape index (κ1) is 18.0. The Morgan fingerprint density at radius 2 is 2.05 bits per heavy atom. The van der Waals surface area contributed by atoms with Gasteiger partial charge in [0.15, 0.2) is 0 Å². The largest absolute Gasteiger partial charge is 0.351 e. The topological polar surface area (TPSA) is 58.4 Å². The molecule has 1 aliphatic heterocycles. The van der Waals surface area contributed by atoms with Gasteiger partial charge in [-0.25, -0.2) is 0 Å². The molecular weight excluding hydrogens is 290 g/mol. The van der Waals surface area contributed by atoms with Gasteiger partial charge in [0.2, 0.25) is 5.76 Å². The van der Waals surface area contributed by atoms with Crippen molar-refractivity contribution in [2.75, 3.05) is 20.1 Å². The van der Waals surface area contributed by atoms with Crippen LogP contribution in [-0.2, 0) is 0 Å². The van der Waals surface area contributed by atoms with Gasteiger partial charge in [0.25, 0.3) is 5.91 Å². The number of rotatable bonds is 5. The Bertz CT molecular complexity index is 438. The molecular formula is C15H26ClN3O2. The highest BCUT2D eigenvalue weighted by atomic mass is 35.5. The van der Waals surface area contributed by atoms with Crippen molar-refractivity contribution < 1.29 is 9.32 Å². The van der Waals surface area contributed by atoms with E-state index in [9.17, 15) is 4.79 Å². The van der Waals surface area contributed by atoms with Gasteiger partial charge >= 0.3 is 0 Å². The molecule has 21 heavy (non-hydrogen) atoms. The smallest absolute Gasteiger partial charge is 0.292 e. The number of hydrogen-bond donors (Lipinski definition) is 1. The second kappa shape index (κ2) is 8.39. The van der Waals surface area contributed by atoms with E-state index in [0.717, 1.165) is 44.5 Å². The number of piperidine rings is 1. The Kier molecular flexibility index (Phi) is 7.18. The lowest BCUT2D eigenvalue weighted by atomic mass is 9.99. The van der Waals surface area contributed by atoms with E-state index < -0.39 is 0 Å². The Labute approximate surface area is 132 Å². The fourth-order valence-corrected chi connectivity index (χ4v) is 2.82. The monoisotopic (exact) mass is 315 g/mol. The van der Waals surface area contributed by atoms with E-state index in [1.54, 1.807) is 0 Å². The van der Waals surface area contributed by atoms with Crippen molar-refractivity contribution in [3.05, 3.63) is 17.5 Å². The Balaban J connectivity index is 0.00000220. The molecule has 0 unspecified atom stereocenters. The summed E-state index contributed by atoms with van der Waals surface area (Å²) in [6, 6.07) is 2.35. The van der Waals surface area contributed by atoms with Gasteiger partial charge in [-0.3, -0.25) is 4.79 Å². The number of likely N-dealkylation sites (tertiary alicyclic amines) is 1. The summed E-state index contributed by atoms with van der Waals surface area (Å²) in [6.45, 7) is 5.83. The first-order valence-electron chi connectivity index (χ1n) is 7.62. The van der Waals surface area contributed by atoms with Gasteiger partial charge in [0.05, 0.1) is 5.69 Å². The summed E-state index contributed by atoms with van der Waals surface area (Å²) in [5, 5.41) is 7.33. The molecule has 6 heteroatoms. The molecule has 0 aromatic carbocycles. The first-order chi connectivity index (χ1) is 9.69. The lowest BCUT2D eigenvalue weighted by Crippen LogP contribution is -2.43. The molecule has 0 bridgehead atoms. The fraction of sp³-hybridized carbons (Fsp3) is 0.733. The van der Waals surface area contributed by atoms with Gasteiger partial charge in [-0.05, 0) is 32.7 Å². The number of aromatic nitrogens is 1. The summed E-state index contributed by atoms with van der Waals surface area (Å²) in [5.41, 5.74) is 0.906. The fourth-order valence-electron chi connectivity index (χ4n) is 2.82. The molecule has 0 radical (unpaired) electrons. The predicted molar refractivity (Wildman–Crippen MR) is 85.1 cm³/mol. The second-order valence-electron chi connectivity index (χ2n) is 5.48. The van der Waals surface area contributed by atoms with Crippen LogP contribution in [0.5, 0.6) is 0 Å². The van der Waals surface area contributed by atoms with E-state index in [4.69, 9.17) is 4.52 Å². The maximum Gasteiger partial charge on any atom is 0.292 e. The van der Waals surface area contributed by atoms with Crippen molar-refractivity contribution in [3.63, 3.8) is 0 Å². The zero-order valence-corrected chi connectivity index (χ0v) is 13.9. The normalized spacial score (nSPS) is 16.1. The third kappa shape index (κ3) is 4.20. The number of halogens is 1. The minimum absolute atomic E-state index is 0. The molecule has 1 saturated heterocycles. The molecule has 0 atom stereocenters. The molecule has 2 rings (SSSR count). The van der Waals surface area contributed by atoms with Crippen LogP contribution in [0.25, 0.3) is 0 Å². The zero-order valence-electron chi connectivity index (χ0n) is 13.1. The second-order valence-corrected chi connectivity index (χ2v) is 5.48. The summed E-state index contributed by atoms with van der Waals surface area (Å²) < 4.78 is 5.26. The van der Waals surface area contributed by atoms with Gasteiger partial charge in [-0.1, -0.05) is 19.0 Å². The van der Waals surface area contributed by atoms with Crippen molar-refractivity contribution in [1.29, 1.82) is 0 Å². The number of carbonyl (C=O) groups is 1. The number of nitrogens with zero attached hydrogens (tertiary/aromatic N) is 2. The maximum absolute atomic E-state index is 12.4. The van der Waals surface area contributed by atoms with Gasteiger partial charge in [0.1, 0.15) is 0 Å². The molecule has 1 fully saturated rings. The standard InChI is InChI=1S/C15H25N3O2.ClH/c1-4-11(5-2)13-10-14(20-17-13)15(19)18-8-6-12(16-3)7-9-18;/h10-12,16H,4-9H2,1-3H3;1H. The van der Waals surface area contributed by atoms with E-state index in [0.29, 0.717) is 17.7 Å². The third-order valence-corrected chi connectivity index (χ3v) is 4.33. The lowest BCUT2D eigenvalue weighted by Gasteiger charge is -2.31. The molecule has 1 aromatic rings. The highest BCUT2D eigenvalue weighted by molar-refractivity contribution is 5.91. The molecule has 0 aliphatic carbocycles. The summed E-state index contributed by atoms with van der Waals surface area (Å²) in [7, 11) is 1.97. The van der Waals surface area contributed by atoms with Crippen LogP contribution < -0.4 is 5.32 Å².